The highest BCUT2D eigenvalue weighted by molar-refractivity contribution is 8.08. The smallest absolute Gasteiger partial charge is 0.378 e. The third-order valence-electron chi connectivity index (χ3n) is 7.55. The number of aliphatic carboxylic acids is 1. The quantitative estimate of drug-likeness (QED) is 0.110. The van der Waals surface area contributed by atoms with Gasteiger partial charge >= 0.3 is 11.9 Å². The topological polar surface area (TPSA) is 114 Å². The predicted molar refractivity (Wildman–Crippen MR) is 198 cm³/mol. The van der Waals surface area contributed by atoms with Crippen molar-refractivity contribution in [2.45, 2.75) is 43.4 Å². The molecule has 1 aliphatic rings. The summed E-state index contributed by atoms with van der Waals surface area (Å²) < 4.78 is 17.3. The number of aromatic nitrogens is 3. The van der Waals surface area contributed by atoms with Crippen LogP contribution in [-0.4, -0.2) is 83.5 Å². The molecular weight excluding hydrogens is 717 g/mol. The summed E-state index contributed by atoms with van der Waals surface area (Å²) >= 11 is 9.78. The molecule has 10 nitrogen and oxygen atoms in total. The summed E-state index contributed by atoms with van der Waals surface area (Å²) in [5.74, 6) is -0.0503. The van der Waals surface area contributed by atoms with Gasteiger partial charge in [-0.15, -0.1) is 51.6 Å². The van der Waals surface area contributed by atoms with E-state index in [9.17, 15) is 19.8 Å². The predicted octanol–water partition coefficient (Wildman–Crippen LogP) is 4.12. The Morgan fingerprint density at radius 3 is 2.28 bits per heavy atom. The molecule has 2 aromatic carbocycles. The summed E-state index contributed by atoms with van der Waals surface area (Å²) in [6.45, 7) is -0.0582. The van der Waals surface area contributed by atoms with E-state index in [0.717, 1.165) is 35.7 Å². The van der Waals surface area contributed by atoms with E-state index < -0.39 is 18.1 Å². The first-order valence-corrected chi connectivity index (χ1v) is 21.5. The minimum absolute atomic E-state index is 0.131. The van der Waals surface area contributed by atoms with Gasteiger partial charge in [-0.05, 0) is 43.4 Å². The number of carbonyl (C=O) groups is 1. The number of oxazole rings is 1. The molecule has 0 atom stereocenters. The summed E-state index contributed by atoms with van der Waals surface area (Å²) in [4.78, 5) is 34.1. The zero-order valence-corrected chi connectivity index (χ0v) is 31.8. The summed E-state index contributed by atoms with van der Waals surface area (Å²) in [7, 11) is 1.93. The first-order chi connectivity index (χ1) is 22.7. The van der Waals surface area contributed by atoms with Crippen LogP contribution in [0.25, 0.3) is 22.2 Å². The molecule has 0 spiro atoms. The number of benzene rings is 2. The van der Waals surface area contributed by atoms with Gasteiger partial charge in [0, 0.05) is 50.2 Å². The molecular formula is C31H37N4O6S6+. The van der Waals surface area contributed by atoms with E-state index in [0.29, 0.717) is 33.2 Å². The molecule has 47 heavy (non-hydrogen) atoms. The number of imidazole rings is 1. The number of thioether (sulfide) groups is 6. The first-order valence-electron chi connectivity index (χ1n) is 14.4. The number of fused-ring (bicyclic) bond motifs is 2. The molecule has 0 amide bonds. The number of aliphatic hydroxyl groups is 1. The lowest BCUT2D eigenvalue weighted by Gasteiger charge is -2.15. The lowest BCUT2D eigenvalue weighted by atomic mass is 10.3. The van der Waals surface area contributed by atoms with Crippen LogP contribution in [0.15, 0.2) is 58.0 Å². The third kappa shape index (κ3) is 7.30. The van der Waals surface area contributed by atoms with E-state index in [1.54, 1.807) is 64.9 Å². The van der Waals surface area contributed by atoms with Crippen LogP contribution in [0.5, 0.6) is 0 Å². The highest BCUT2D eigenvalue weighted by Crippen LogP contribution is 2.49. The normalized spacial score (nSPS) is 14.5. The van der Waals surface area contributed by atoms with Gasteiger partial charge in [0.15, 0.2) is 5.88 Å². The van der Waals surface area contributed by atoms with E-state index in [2.05, 4.69) is 18.2 Å². The van der Waals surface area contributed by atoms with Crippen molar-refractivity contribution in [1.82, 2.24) is 9.13 Å². The van der Waals surface area contributed by atoms with E-state index in [1.807, 2.05) is 58.4 Å². The van der Waals surface area contributed by atoms with Crippen LogP contribution in [-0.2, 0) is 28.5 Å². The minimum atomic E-state index is -1.13. The number of carboxylic acids is 1. The maximum atomic E-state index is 14.4. The fourth-order valence-corrected chi connectivity index (χ4v) is 10.2. The zero-order chi connectivity index (χ0) is 33.8. The number of carboxylic acid groups (broad SMARTS) is 1. The molecule has 0 aliphatic carbocycles. The number of anilines is 1. The molecule has 1 aliphatic heterocycles. The molecule has 0 radical (unpaired) electrons. The SMILES string of the molecule is CSC[n+]1c(C=c2n(CC(=O)O)c(=O)/c(=C3/Sc4cc(SC)c(SC)cc4N3C)n2CCOCCO)oc2cc(SC)c(SC)cc21. The Labute approximate surface area is 298 Å². The van der Waals surface area contributed by atoms with Crippen LogP contribution < -0.4 is 25.9 Å². The van der Waals surface area contributed by atoms with Gasteiger partial charge in [0.2, 0.25) is 5.58 Å². The Hall–Kier alpha value is -2.05. The monoisotopic (exact) mass is 753 g/mol. The van der Waals surface area contributed by atoms with Crippen molar-refractivity contribution in [3.8, 4) is 0 Å². The molecule has 3 heterocycles. The Balaban J connectivity index is 1.83. The Kier molecular flexibility index (Phi) is 12.4. The van der Waals surface area contributed by atoms with Crippen molar-refractivity contribution in [1.29, 1.82) is 0 Å². The van der Waals surface area contributed by atoms with Crippen molar-refractivity contribution in [2.24, 2.45) is 0 Å². The van der Waals surface area contributed by atoms with Crippen molar-refractivity contribution in [3.05, 3.63) is 51.3 Å². The minimum Gasteiger partial charge on any atom is -0.480 e. The standard InChI is InChI=1S/C31H36N4O6S6/c1-32-19-12-23(44-4)25(46-6)14-21(19)47-31(32)29-30(39)34(16-28(37)38)26(33(29)7-9-40-10-8-36)15-27-35(17-42-2)18-11-22(43-3)24(45-5)13-20(18)41-27/h11-15,36H,7-10,16-17H2,1-6H3/p+1/b31-29-. The van der Waals surface area contributed by atoms with Gasteiger partial charge in [-0.2, -0.15) is 0 Å². The maximum Gasteiger partial charge on any atom is 0.378 e. The van der Waals surface area contributed by atoms with Crippen LogP contribution >= 0.6 is 70.6 Å². The molecule has 5 rings (SSSR count). The molecule has 0 fully saturated rings. The Morgan fingerprint density at radius 2 is 1.64 bits per heavy atom. The fourth-order valence-electron chi connectivity index (χ4n) is 5.40. The van der Waals surface area contributed by atoms with Gasteiger partial charge in [0.25, 0.3) is 11.1 Å². The number of aliphatic hydroxyl groups excluding tert-OH is 1. The molecule has 0 bridgehead atoms. The van der Waals surface area contributed by atoms with Crippen molar-refractivity contribution in [3.63, 3.8) is 0 Å². The van der Waals surface area contributed by atoms with Crippen LogP contribution in [0, 0.1) is 0 Å². The number of rotatable bonds is 14. The lowest BCUT2D eigenvalue weighted by molar-refractivity contribution is -0.656. The molecule has 0 unspecified atom stereocenters. The van der Waals surface area contributed by atoms with Crippen molar-refractivity contribution >= 4 is 104 Å². The number of hydrogen-bond donors (Lipinski definition) is 2. The summed E-state index contributed by atoms with van der Waals surface area (Å²) in [5.41, 5.74) is 2.57. The summed E-state index contributed by atoms with van der Waals surface area (Å²) in [5, 5.41) is 20.4. The van der Waals surface area contributed by atoms with Crippen molar-refractivity contribution in [2.75, 3.05) is 63.0 Å². The Morgan fingerprint density at radius 1 is 0.979 bits per heavy atom. The van der Waals surface area contributed by atoms with Gasteiger partial charge in [-0.25, -0.2) is 0 Å². The largest absolute Gasteiger partial charge is 0.480 e. The molecule has 252 valence electrons. The fraction of sp³-hybridized carbons (Fsp3) is 0.387. The highest BCUT2D eigenvalue weighted by Gasteiger charge is 2.29. The second-order valence-corrected chi connectivity index (χ2v) is 15.5. The maximum absolute atomic E-state index is 14.4. The zero-order valence-electron chi connectivity index (χ0n) is 26.9. The van der Waals surface area contributed by atoms with E-state index in [4.69, 9.17) is 9.15 Å². The van der Waals surface area contributed by atoms with Crippen LogP contribution in [0.4, 0.5) is 5.69 Å². The molecule has 2 aromatic heterocycles. The summed E-state index contributed by atoms with van der Waals surface area (Å²) in [6.07, 6.45) is 11.9. The van der Waals surface area contributed by atoms with Crippen molar-refractivity contribution < 1.29 is 28.7 Å². The molecule has 0 saturated heterocycles. The van der Waals surface area contributed by atoms with E-state index >= 15 is 0 Å². The molecule has 4 aromatic rings. The second kappa shape index (κ2) is 16.1. The average molecular weight is 754 g/mol. The van der Waals surface area contributed by atoms with Gasteiger partial charge in [-0.1, -0.05) is 23.5 Å². The second-order valence-electron chi connectivity index (χ2n) is 10.2. The summed E-state index contributed by atoms with van der Waals surface area (Å²) in [6, 6.07) is 8.42. The molecule has 0 saturated carbocycles. The van der Waals surface area contributed by atoms with Crippen LogP contribution in [0.3, 0.4) is 0 Å². The van der Waals surface area contributed by atoms with E-state index in [-0.39, 0.29) is 26.4 Å². The molecule has 2 N–H and O–H groups in total. The van der Waals surface area contributed by atoms with Gasteiger partial charge < -0.3 is 28.8 Å². The van der Waals surface area contributed by atoms with Crippen LogP contribution in [0.1, 0.15) is 5.89 Å². The lowest BCUT2D eigenvalue weighted by Crippen LogP contribution is -2.38. The highest BCUT2D eigenvalue weighted by atomic mass is 32.2. The third-order valence-corrected chi connectivity index (χ3v) is 12.6. The number of nitrogens with zero attached hydrogens (tertiary/aromatic N) is 4. The number of ether oxygens (including phenoxy) is 1. The average Bonchev–Trinajstić information content (AvgIpc) is 3.65. The van der Waals surface area contributed by atoms with Gasteiger partial charge in [-0.3, -0.25) is 14.2 Å². The van der Waals surface area contributed by atoms with Gasteiger partial charge in [0.05, 0.1) is 31.6 Å². The van der Waals surface area contributed by atoms with Gasteiger partial charge in [0.1, 0.15) is 22.4 Å². The molecule has 16 heteroatoms. The Bertz CT molecular complexity index is 1990. The van der Waals surface area contributed by atoms with Crippen LogP contribution in [0.2, 0.25) is 0 Å². The van der Waals surface area contributed by atoms with E-state index in [1.165, 1.54) is 16.3 Å². The number of hydrogen-bond acceptors (Lipinski definition) is 12. The first kappa shape index (κ1) is 36.2.